The predicted octanol–water partition coefficient (Wildman–Crippen LogP) is 1.45. The Bertz CT molecular complexity index is 405. The van der Waals surface area contributed by atoms with Crippen LogP contribution in [0.3, 0.4) is 0 Å². The fourth-order valence-corrected chi connectivity index (χ4v) is 2.32. The lowest BCUT2D eigenvalue weighted by molar-refractivity contribution is -0.164. The van der Waals surface area contributed by atoms with Crippen molar-refractivity contribution in [2.75, 3.05) is 13.2 Å². The Labute approximate surface area is 125 Å². The fraction of sp³-hybridized carbons (Fsp3) is 0.867. The predicted molar refractivity (Wildman–Crippen MR) is 73.6 cm³/mol. The third-order valence-electron chi connectivity index (χ3n) is 4.23. The van der Waals surface area contributed by atoms with E-state index >= 15 is 0 Å². The van der Waals surface area contributed by atoms with Crippen LogP contribution in [0.15, 0.2) is 0 Å². The number of ether oxygens (including phenoxy) is 4. The first-order chi connectivity index (χ1) is 9.89. The van der Waals surface area contributed by atoms with Crippen LogP contribution in [0.4, 0.5) is 0 Å². The highest BCUT2D eigenvalue weighted by molar-refractivity contribution is 5.76. The molecule has 2 aliphatic heterocycles. The number of hydrogen-bond donors (Lipinski definition) is 0. The number of carbonyl (C=O) groups is 2. The summed E-state index contributed by atoms with van der Waals surface area (Å²) >= 11 is 0. The molecule has 2 heterocycles. The van der Waals surface area contributed by atoms with Gasteiger partial charge in [0, 0.05) is 6.42 Å². The molecule has 2 aliphatic rings. The molecular formula is C15H24O6. The smallest absolute Gasteiger partial charge is 0.311 e. The van der Waals surface area contributed by atoms with Gasteiger partial charge in [0.15, 0.2) is 12.2 Å². The van der Waals surface area contributed by atoms with E-state index in [1.165, 1.54) is 0 Å². The zero-order chi connectivity index (χ0) is 15.6. The maximum atomic E-state index is 12.1. The first-order valence-corrected chi connectivity index (χ1v) is 7.52. The van der Waals surface area contributed by atoms with Gasteiger partial charge in [-0.15, -0.1) is 0 Å². The maximum absolute atomic E-state index is 12.1. The highest BCUT2D eigenvalue weighted by Gasteiger charge is 2.51. The van der Waals surface area contributed by atoms with E-state index in [9.17, 15) is 9.59 Å². The molecule has 4 atom stereocenters. The molecule has 0 aromatic carbocycles. The molecule has 2 saturated heterocycles. The summed E-state index contributed by atoms with van der Waals surface area (Å²) in [7, 11) is 0. The molecule has 21 heavy (non-hydrogen) atoms. The van der Waals surface area contributed by atoms with Gasteiger partial charge < -0.3 is 18.9 Å². The van der Waals surface area contributed by atoms with Crippen LogP contribution in [0.5, 0.6) is 0 Å². The number of hydrogen-bond acceptors (Lipinski definition) is 6. The molecule has 2 rings (SSSR count). The van der Waals surface area contributed by atoms with Crippen molar-refractivity contribution >= 4 is 11.9 Å². The van der Waals surface area contributed by atoms with E-state index in [1.54, 1.807) is 6.92 Å². The Morgan fingerprint density at radius 3 is 2.05 bits per heavy atom. The van der Waals surface area contributed by atoms with E-state index in [2.05, 4.69) is 0 Å². The number of esters is 2. The molecular weight excluding hydrogens is 276 g/mol. The minimum atomic E-state index is -0.523. The van der Waals surface area contributed by atoms with Crippen LogP contribution in [0.25, 0.3) is 0 Å². The molecule has 2 fully saturated rings. The van der Waals surface area contributed by atoms with E-state index in [0.29, 0.717) is 12.8 Å². The topological polar surface area (TPSA) is 71.1 Å². The molecule has 120 valence electrons. The standard InChI is InChI=1S/C15H24O6/c1-5-11(16)20-9-7-18-13-10(8-19-12(9)13)21-14(17)15(3,4)6-2/h9-10,12-13H,5-8H2,1-4H3/t9-,10+,12?,13?/m0/s1. The fourth-order valence-electron chi connectivity index (χ4n) is 2.32. The van der Waals surface area contributed by atoms with Crippen molar-refractivity contribution in [3.8, 4) is 0 Å². The normalized spacial score (nSPS) is 31.8. The Morgan fingerprint density at radius 1 is 1.05 bits per heavy atom. The van der Waals surface area contributed by atoms with Gasteiger partial charge in [-0.1, -0.05) is 13.8 Å². The molecule has 0 spiro atoms. The molecule has 0 saturated carbocycles. The van der Waals surface area contributed by atoms with E-state index in [4.69, 9.17) is 18.9 Å². The van der Waals surface area contributed by atoms with Crippen LogP contribution < -0.4 is 0 Å². The summed E-state index contributed by atoms with van der Waals surface area (Å²) in [5.74, 6) is -0.530. The van der Waals surface area contributed by atoms with Gasteiger partial charge in [-0.3, -0.25) is 9.59 Å². The number of rotatable bonds is 5. The first kappa shape index (κ1) is 16.2. The summed E-state index contributed by atoms with van der Waals surface area (Å²) in [6.45, 7) is 7.95. The van der Waals surface area contributed by atoms with Crippen molar-refractivity contribution in [1.82, 2.24) is 0 Å². The quantitative estimate of drug-likeness (QED) is 0.716. The van der Waals surface area contributed by atoms with Gasteiger partial charge in [-0.25, -0.2) is 0 Å². The zero-order valence-corrected chi connectivity index (χ0v) is 13.1. The Hall–Kier alpha value is -1.14. The number of fused-ring (bicyclic) bond motifs is 1. The lowest BCUT2D eigenvalue weighted by atomic mass is 9.90. The van der Waals surface area contributed by atoms with Crippen LogP contribution in [0.1, 0.15) is 40.5 Å². The zero-order valence-electron chi connectivity index (χ0n) is 13.1. The van der Waals surface area contributed by atoms with Crippen molar-refractivity contribution in [3.05, 3.63) is 0 Å². The lowest BCUT2D eigenvalue weighted by Crippen LogP contribution is -2.38. The maximum Gasteiger partial charge on any atom is 0.311 e. The third kappa shape index (κ3) is 3.37. The van der Waals surface area contributed by atoms with Crippen molar-refractivity contribution in [2.45, 2.75) is 65.0 Å². The monoisotopic (exact) mass is 300 g/mol. The SMILES string of the molecule is CCC(=O)O[C@H]1COC2C1OC[C@H]2OC(=O)C(C)(C)CC. The van der Waals surface area contributed by atoms with Crippen LogP contribution in [0.2, 0.25) is 0 Å². The van der Waals surface area contributed by atoms with Crippen molar-refractivity contribution in [1.29, 1.82) is 0 Å². The van der Waals surface area contributed by atoms with Gasteiger partial charge in [0.25, 0.3) is 0 Å². The molecule has 0 aromatic heterocycles. The Balaban J connectivity index is 1.93. The average molecular weight is 300 g/mol. The summed E-state index contributed by atoms with van der Waals surface area (Å²) in [5.41, 5.74) is -0.523. The lowest BCUT2D eigenvalue weighted by Gasteiger charge is -2.24. The van der Waals surface area contributed by atoms with E-state index in [-0.39, 0.29) is 37.4 Å². The second kappa shape index (κ2) is 6.32. The van der Waals surface area contributed by atoms with Crippen molar-refractivity contribution < 1.29 is 28.5 Å². The van der Waals surface area contributed by atoms with Crippen molar-refractivity contribution in [2.24, 2.45) is 5.41 Å². The van der Waals surface area contributed by atoms with Gasteiger partial charge in [0.05, 0.1) is 18.6 Å². The first-order valence-electron chi connectivity index (χ1n) is 7.52. The summed E-state index contributed by atoms with van der Waals surface area (Å²) < 4.78 is 22.0. The van der Waals surface area contributed by atoms with Crippen LogP contribution >= 0.6 is 0 Å². The summed E-state index contributed by atoms with van der Waals surface area (Å²) in [5, 5.41) is 0. The molecule has 6 nitrogen and oxygen atoms in total. The highest BCUT2D eigenvalue weighted by atomic mass is 16.7. The van der Waals surface area contributed by atoms with Gasteiger partial charge >= 0.3 is 11.9 Å². The van der Waals surface area contributed by atoms with E-state index in [1.807, 2.05) is 20.8 Å². The van der Waals surface area contributed by atoms with E-state index < -0.39 is 17.6 Å². The largest absolute Gasteiger partial charge is 0.457 e. The van der Waals surface area contributed by atoms with Crippen LogP contribution in [-0.4, -0.2) is 49.6 Å². The summed E-state index contributed by atoms with van der Waals surface area (Å²) in [4.78, 5) is 23.5. The molecule has 0 bridgehead atoms. The third-order valence-corrected chi connectivity index (χ3v) is 4.23. The average Bonchev–Trinajstić information content (AvgIpc) is 3.03. The highest BCUT2D eigenvalue weighted by Crippen LogP contribution is 2.32. The number of carbonyl (C=O) groups excluding carboxylic acids is 2. The molecule has 2 unspecified atom stereocenters. The molecule has 0 aliphatic carbocycles. The minimum Gasteiger partial charge on any atom is -0.457 e. The van der Waals surface area contributed by atoms with E-state index in [0.717, 1.165) is 0 Å². The van der Waals surface area contributed by atoms with Gasteiger partial charge in [0.1, 0.15) is 12.2 Å². The second-order valence-electron chi connectivity index (χ2n) is 6.16. The summed E-state index contributed by atoms with van der Waals surface area (Å²) in [6.07, 6.45) is -0.523. The molecule has 6 heteroatoms. The Morgan fingerprint density at radius 2 is 1.57 bits per heavy atom. The molecule has 0 aromatic rings. The van der Waals surface area contributed by atoms with Crippen LogP contribution in [0, 0.1) is 5.41 Å². The Kier molecular flexibility index (Phi) is 4.88. The summed E-state index contributed by atoms with van der Waals surface area (Å²) in [6, 6.07) is 0. The van der Waals surface area contributed by atoms with Gasteiger partial charge in [0.2, 0.25) is 0 Å². The van der Waals surface area contributed by atoms with Gasteiger partial charge in [-0.2, -0.15) is 0 Å². The minimum absolute atomic E-state index is 0.253. The second-order valence-corrected chi connectivity index (χ2v) is 6.16. The molecule has 0 radical (unpaired) electrons. The van der Waals surface area contributed by atoms with Gasteiger partial charge in [-0.05, 0) is 20.3 Å². The van der Waals surface area contributed by atoms with Crippen molar-refractivity contribution in [3.63, 3.8) is 0 Å². The van der Waals surface area contributed by atoms with Crippen LogP contribution in [-0.2, 0) is 28.5 Å². The molecule has 0 amide bonds. The molecule has 0 N–H and O–H groups in total.